The highest BCUT2D eigenvalue weighted by atomic mass is 32.1. The van der Waals surface area contributed by atoms with Gasteiger partial charge in [-0.25, -0.2) is 14.6 Å². The van der Waals surface area contributed by atoms with E-state index >= 15 is 0 Å². The molecule has 0 spiro atoms. The zero-order chi connectivity index (χ0) is 33.7. The van der Waals surface area contributed by atoms with Crippen LogP contribution in [0.25, 0.3) is 6.08 Å². The topological polar surface area (TPSA) is 161 Å². The molecule has 5 rings (SSSR count). The largest absolute Gasteiger partial charge is 0.490 e. The first-order valence-corrected chi connectivity index (χ1v) is 15.8. The summed E-state index contributed by atoms with van der Waals surface area (Å²) in [5.41, 5.74) is 1.37. The van der Waals surface area contributed by atoms with Gasteiger partial charge in [-0.2, -0.15) is 0 Å². The molecule has 15 heteroatoms. The number of morpholine rings is 1. The van der Waals surface area contributed by atoms with Gasteiger partial charge >= 0.3 is 11.9 Å². The second kappa shape index (κ2) is 14.6. The zero-order valence-electron chi connectivity index (χ0n) is 26.3. The summed E-state index contributed by atoms with van der Waals surface area (Å²) in [7, 11) is 1.25. The molecule has 3 aromatic rings. The number of nitro benzene ring substituents is 1. The van der Waals surface area contributed by atoms with Crippen LogP contribution in [-0.4, -0.2) is 74.7 Å². The number of aromatic nitrogens is 1. The summed E-state index contributed by atoms with van der Waals surface area (Å²) in [6.07, 6.45) is 1.49. The number of esters is 2. The summed E-state index contributed by atoms with van der Waals surface area (Å²) in [6, 6.07) is 8.70. The van der Waals surface area contributed by atoms with Gasteiger partial charge < -0.3 is 28.6 Å². The molecule has 0 amide bonds. The first kappa shape index (κ1) is 33.3. The van der Waals surface area contributed by atoms with E-state index in [4.69, 9.17) is 18.9 Å². The van der Waals surface area contributed by atoms with Crippen molar-refractivity contribution in [3.63, 3.8) is 0 Å². The van der Waals surface area contributed by atoms with Gasteiger partial charge in [-0.05, 0) is 56.7 Å². The molecule has 0 N–H and O–H groups in total. The highest BCUT2D eigenvalue weighted by molar-refractivity contribution is 7.07. The molecule has 47 heavy (non-hydrogen) atoms. The normalized spacial score (nSPS) is 16.3. The number of fused-ring (bicyclic) bond motifs is 1. The summed E-state index contributed by atoms with van der Waals surface area (Å²) < 4.78 is 28.5. The van der Waals surface area contributed by atoms with Gasteiger partial charge in [-0.15, -0.1) is 0 Å². The van der Waals surface area contributed by atoms with Crippen molar-refractivity contribution in [3.05, 3.63) is 88.6 Å². The Balaban J connectivity index is 1.67. The fourth-order valence-electron chi connectivity index (χ4n) is 5.37. The van der Waals surface area contributed by atoms with Crippen LogP contribution in [0.15, 0.2) is 57.5 Å². The Hall–Kier alpha value is -5.02. The number of hydrogen-bond donors (Lipinski definition) is 0. The Morgan fingerprint density at radius 3 is 2.55 bits per heavy atom. The quantitative estimate of drug-likeness (QED) is 0.168. The van der Waals surface area contributed by atoms with Gasteiger partial charge in [0.25, 0.3) is 11.2 Å². The highest BCUT2D eigenvalue weighted by Crippen LogP contribution is 2.36. The van der Waals surface area contributed by atoms with Gasteiger partial charge in [-0.3, -0.25) is 19.5 Å². The number of carbonyl (C=O) groups is 2. The molecule has 0 saturated carbocycles. The van der Waals surface area contributed by atoms with Crippen LogP contribution in [0.4, 0.5) is 11.4 Å². The smallest absolute Gasteiger partial charge is 0.343 e. The Bertz CT molecular complexity index is 1910. The molecule has 0 unspecified atom stereocenters. The molecule has 1 saturated heterocycles. The Labute approximate surface area is 273 Å². The molecule has 0 radical (unpaired) electrons. The van der Waals surface area contributed by atoms with Crippen molar-refractivity contribution in [2.24, 2.45) is 4.99 Å². The number of rotatable bonds is 11. The van der Waals surface area contributed by atoms with Crippen molar-refractivity contribution >= 4 is 40.7 Å². The van der Waals surface area contributed by atoms with Gasteiger partial charge in [0.05, 0.1) is 65.9 Å². The van der Waals surface area contributed by atoms with Crippen molar-refractivity contribution in [3.8, 4) is 11.5 Å². The molecule has 1 aromatic heterocycles. The SMILES string of the molecule is CCOC(=O)C1=C(C)N=c2s/c(=C\c3cc(N4CCOCC4)ccc3[N+](=O)[O-])c(=O)n2[C@@H]1c1ccc(OCC(=O)OC)c(OCC)c1. The Morgan fingerprint density at radius 2 is 1.87 bits per heavy atom. The van der Waals surface area contributed by atoms with E-state index in [-0.39, 0.29) is 52.7 Å². The lowest BCUT2D eigenvalue weighted by molar-refractivity contribution is -0.385. The van der Waals surface area contributed by atoms with E-state index in [2.05, 4.69) is 14.6 Å². The van der Waals surface area contributed by atoms with Gasteiger partial charge in [0.15, 0.2) is 22.9 Å². The third-order valence-electron chi connectivity index (χ3n) is 7.54. The van der Waals surface area contributed by atoms with Crippen LogP contribution < -0.4 is 29.3 Å². The van der Waals surface area contributed by atoms with Crippen LogP contribution in [0.2, 0.25) is 0 Å². The van der Waals surface area contributed by atoms with Crippen molar-refractivity contribution in [2.45, 2.75) is 26.8 Å². The molecular weight excluding hydrogens is 632 g/mol. The second-order valence-electron chi connectivity index (χ2n) is 10.4. The summed E-state index contributed by atoms with van der Waals surface area (Å²) in [5.74, 6) is -0.683. The van der Waals surface area contributed by atoms with E-state index in [1.165, 1.54) is 23.8 Å². The van der Waals surface area contributed by atoms with E-state index in [9.17, 15) is 24.5 Å². The summed E-state index contributed by atoms with van der Waals surface area (Å²) in [6.45, 7) is 7.47. The number of anilines is 1. The number of ether oxygens (including phenoxy) is 5. The molecule has 3 heterocycles. The minimum Gasteiger partial charge on any atom is -0.490 e. The summed E-state index contributed by atoms with van der Waals surface area (Å²) in [5, 5.41) is 12.0. The minimum absolute atomic E-state index is 0.0976. The fraction of sp³-hybridized carbons (Fsp3) is 0.375. The fourth-order valence-corrected chi connectivity index (χ4v) is 6.41. The molecule has 14 nitrogen and oxygen atoms in total. The zero-order valence-corrected chi connectivity index (χ0v) is 27.2. The molecule has 2 aliphatic heterocycles. The molecule has 0 aliphatic carbocycles. The van der Waals surface area contributed by atoms with Gasteiger partial charge in [0.2, 0.25) is 0 Å². The third-order valence-corrected chi connectivity index (χ3v) is 8.53. The van der Waals surface area contributed by atoms with Crippen molar-refractivity contribution in [1.29, 1.82) is 0 Å². The molecule has 2 aliphatic rings. The van der Waals surface area contributed by atoms with E-state index in [0.29, 0.717) is 42.4 Å². The molecule has 248 valence electrons. The number of nitrogens with zero attached hydrogens (tertiary/aromatic N) is 4. The summed E-state index contributed by atoms with van der Waals surface area (Å²) >= 11 is 1.06. The molecule has 0 bridgehead atoms. The maximum atomic E-state index is 14.2. The predicted octanol–water partition coefficient (Wildman–Crippen LogP) is 2.49. The second-order valence-corrected chi connectivity index (χ2v) is 11.4. The number of carbonyl (C=O) groups excluding carboxylic acids is 2. The van der Waals surface area contributed by atoms with Crippen LogP contribution in [0, 0.1) is 10.1 Å². The Kier molecular flexibility index (Phi) is 10.4. The number of hydrogen-bond acceptors (Lipinski definition) is 13. The van der Waals surface area contributed by atoms with Crippen LogP contribution in [0.1, 0.15) is 37.9 Å². The van der Waals surface area contributed by atoms with Gasteiger partial charge in [-0.1, -0.05) is 17.4 Å². The number of methoxy groups -OCH3 is 1. The van der Waals surface area contributed by atoms with Gasteiger partial charge in [0.1, 0.15) is 0 Å². The van der Waals surface area contributed by atoms with Crippen LogP contribution >= 0.6 is 11.3 Å². The number of thiazole rings is 1. The van der Waals surface area contributed by atoms with Crippen LogP contribution in [-0.2, 0) is 23.8 Å². The number of allylic oxidation sites excluding steroid dienone is 1. The lowest BCUT2D eigenvalue weighted by atomic mass is 9.95. The minimum atomic E-state index is -0.976. The highest BCUT2D eigenvalue weighted by Gasteiger charge is 2.34. The van der Waals surface area contributed by atoms with E-state index < -0.39 is 28.5 Å². The van der Waals surface area contributed by atoms with Gasteiger partial charge in [0, 0.05) is 24.8 Å². The first-order valence-electron chi connectivity index (χ1n) is 14.9. The summed E-state index contributed by atoms with van der Waals surface area (Å²) in [4.78, 5) is 57.7. The van der Waals surface area contributed by atoms with Crippen molar-refractivity contribution < 1.29 is 38.2 Å². The molecular formula is C32H34N4O10S. The van der Waals surface area contributed by atoms with Crippen molar-refractivity contribution in [2.75, 3.05) is 58.1 Å². The number of nitro groups is 1. The van der Waals surface area contributed by atoms with Crippen molar-refractivity contribution in [1.82, 2.24) is 4.57 Å². The Morgan fingerprint density at radius 1 is 1.11 bits per heavy atom. The van der Waals surface area contributed by atoms with Crippen LogP contribution in [0.3, 0.4) is 0 Å². The molecule has 1 fully saturated rings. The molecule has 2 aromatic carbocycles. The monoisotopic (exact) mass is 666 g/mol. The van der Waals surface area contributed by atoms with Crippen LogP contribution in [0.5, 0.6) is 11.5 Å². The third kappa shape index (κ3) is 7.05. The van der Waals surface area contributed by atoms with E-state index in [1.807, 2.05) is 0 Å². The average Bonchev–Trinajstić information content (AvgIpc) is 3.37. The lowest BCUT2D eigenvalue weighted by Crippen LogP contribution is -2.40. The van der Waals surface area contributed by atoms with E-state index in [0.717, 1.165) is 17.0 Å². The average molecular weight is 667 g/mol. The maximum Gasteiger partial charge on any atom is 0.343 e. The standard InChI is InChI=1S/C32H34N4O10S/c1-5-44-25-16-20(7-10-24(25)46-18-27(37)42-4)29-28(31(39)45-6-2)19(3)33-32-35(29)30(38)26(47-32)17-21-15-22(8-9-23(21)36(40)41)34-11-13-43-14-12-34/h7-10,15-17,29H,5-6,11-14,18H2,1-4H3/b26-17-/t29-/m1/s1. The first-order chi connectivity index (χ1) is 22.7. The lowest BCUT2D eigenvalue weighted by Gasteiger charge is -2.29. The number of benzene rings is 2. The predicted molar refractivity (Wildman–Crippen MR) is 172 cm³/mol. The maximum absolute atomic E-state index is 14.2. The van der Waals surface area contributed by atoms with E-state index in [1.54, 1.807) is 51.1 Å². The molecule has 1 atom stereocenters.